The third-order valence-corrected chi connectivity index (χ3v) is 6.69. The Kier molecular flexibility index (Phi) is 9.88. The summed E-state index contributed by atoms with van der Waals surface area (Å²) in [5, 5.41) is 20.9. The summed E-state index contributed by atoms with van der Waals surface area (Å²) in [5.41, 5.74) is -0.533. The maximum atomic E-state index is 12.6. The molecule has 212 valence electrons. The van der Waals surface area contributed by atoms with Gasteiger partial charge in [-0.25, -0.2) is 4.79 Å². The van der Waals surface area contributed by atoms with Crippen LogP contribution in [0, 0.1) is 11.3 Å². The van der Waals surface area contributed by atoms with Crippen molar-refractivity contribution in [2.75, 3.05) is 7.11 Å². The fourth-order valence-corrected chi connectivity index (χ4v) is 5.01. The monoisotopic (exact) mass is 547 g/mol. The average molecular weight is 548 g/mol. The van der Waals surface area contributed by atoms with Crippen molar-refractivity contribution in [3.8, 4) is 11.8 Å². The second-order valence-corrected chi connectivity index (χ2v) is 9.58. The van der Waals surface area contributed by atoms with Crippen LogP contribution in [0.2, 0.25) is 0 Å². The molecular formula is C27H33NO11. The number of rotatable bonds is 8. The Labute approximate surface area is 226 Å². The van der Waals surface area contributed by atoms with E-state index in [2.05, 4.69) is 6.07 Å². The molecule has 0 radical (unpaired) electrons. The van der Waals surface area contributed by atoms with E-state index in [1.807, 2.05) is 0 Å². The Hall–Kier alpha value is -3.69. The summed E-state index contributed by atoms with van der Waals surface area (Å²) in [7, 11) is 1.09. The Balaban J connectivity index is 1.92. The Morgan fingerprint density at radius 2 is 1.46 bits per heavy atom. The van der Waals surface area contributed by atoms with Crippen molar-refractivity contribution < 1.29 is 52.7 Å². The lowest BCUT2D eigenvalue weighted by molar-refractivity contribution is -0.282. The van der Waals surface area contributed by atoms with Crippen molar-refractivity contribution in [3.05, 3.63) is 29.8 Å². The summed E-state index contributed by atoms with van der Waals surface area (Å²) in [6.07, 6.45) is -3.74. The van der Waals surface area contributed by atoms with Gasteiger partial charge in [0.2, 0.25) is 12.4 Å². The molecule has 1 aliphatic heterocycles. The summed E-state index contributed by atoms with van der Waals surface area (Å²) >= 11 is 0. The van der Waals surface area contributed by atoms with Crippen molar-refractivity contribution in [1.29, 1.82) is 5.26 Å². The molecule has 1 heterocycles. The molecule has 12 nitrogen and oxygen atoms in total. The van der Waals surface area contributed by atoms with Gasteiger partial charge in [0.25, 0.3) is 0 Å². The number of methoxy groups -OCH3 is 1. The van der Waals surface area contributed by atoms with E-state index >= 15 is 0 Å². The predicted molar refractivity (Wildman–Crippen MR) is 131 cm³/mol. The highest BCUT2D eigenvalue weighted by Crippen LogP contribution is 2.40. The van der Waals surface area contributed by atoms with E-state index in [9.17, 15) is 29.5 Å². The molecule has 0 aromatic heterocycles. The van der Waals surface area contributed by atoms with E-state index in [1.165, 1.54) is 12.1 Å². The number of nitrogens with zero attached hydrogens (tertiary/aromatic N) is 1. The van der Waals surface area contributed by atoms with Crippen molar-refractivity contribution in [2.45, 2.75) is 95.1 Å². The van der Waals surface area contributed by atoms with E-state index in [0.717, 1.165) is 47.1 Å². The van der Waals surface area contributed by atoms with Gasteiger partial charge in [-0.1, -0.05) is 31.4 Å². The van der Waals surface area contributed by atoms with Crippen LogP contribution in [-0.4, -0.2) is 72.4 Å². The van der Waals surface area contributed by atoms with Crippen LogP contribution in [0.1, 0.15) is 64.4 Å². The molecule has 6 unspecified atom stereocenters. The number of hydrogen-bond acceptors (Lipinski definition) is 12. The van der Waals surface area contributed by atoms with Crippen LogP contribution in [0.4, 0.5) is 0 Å². The second kappa shape index (κ2) is 12.9. The summed E-state index contributed by atoms with van der Waals surface area (Å²) in [5.74, 6) is -3.87. The third kappa shape index (κ3) is 7.25. The zero-order valence-corrected chi connectivity index (χ0v) is 22.3. The zero-order chi connectivity index (χ0) is 28.7. The van der Waals surface area contributed by atoms with Crippen LogP contribution in [0.3, 0.4) is 0 Å². The van der Waals surface area contributed by atoms with Crippen LogP contribution in [-0.2, 0) is 42.9 Å². The first-order valence-electron chi connectivity index (χ1n) is 12.6. The number of aliphatic hydroxyl groups is 1. The van der Waals surface area contributed by atoms with Crippen molar-refractivity contribution in [1.82, 2.24) is 0 Å². The molecule has 1 saturated carbocycles. The molecular weight excluding hydrogens is 514 g/mol. The highest BCUT2D eigenvalue weighted by Gasteiger charge is 2.55. The molecule has 0 spiro atoms. The lowest BCUT2D eigenvalue weighted by Gasteiger charge is -2.43. The number of nitriles is 1. The lowest BCUT2D eigenvalue weighted by atomic mass is 9.73. The van der Waals surface area contributed by atoms with E-state index < -0.39 is 66.1 Å². The molecule has 0 amide bonds. The summed E-state index contributed by atoms with van der Waals surface area (Å²) in [4.78, 5) is 48.2. The molecule has 1 aromatic rings. The minimum absolute atomic E-state index is 0.198. The number of hydrogen-bond donors (Lipinski definition) is 1. The van der Waals surface area contributed by atoms with Gasteiger partial charge in [0.15, 0.2) is 18.3 Å². The van der Waals surface area contributed by atoms with Crippen molar-refractivity contribution in [2.24, 2.45) is 0 Å². The van der Waals surface area contributed by atoms with Gasteiger partial charge in [-0.2, -0.15) is 5.26 Å². The van der Waals surface area contributed by atoms with E-state index in [-0.39, 0.29) is 5.75 Å². The largest absolute Gasteiger partial charge is 0.467 e. The number of esters is 4. The van der Waals surface area contributed by atoms with Crippen LogP contribution < -0.4 is 4.74 Å². The molecule has 2 fully saturated rings. The molecule has 2 aliphatic rings. The molecule has 6 atom stereocenters. The van der Waals surface area contributed by atoms with Gasteiger partial charge in [-0.05, 0) is 30.5 Å². The predicted octanol–water partition coefficient (Wildman–Crippen LogP) is 2.06. The Morgan fingerprint density at radius 1 is 0.923 bits per heavy atom. The Bertz CT molecular complexity index is 1090. The number of carbonyl (C=O) groups is 4. The van der Waals surface area contributed by atoms with Gasteiger partial charge >= 0.3 is 23.9 Å². The highest BCUT2D eigenvalue weighted by atomic mass is 16.7. The van der Waals surface area contributed by atoms with E-state index in [4.69, 9.17) is 28.4 Å². The maximum absolute atomic E-state index is 12.6. The third-order valence-electron chi connectivity index (χ3n) is 6.69. The quantitative estimate of drug-likeness (QED) is 0.372. The molecule has 0 bridgehead atoms. The fourth-order valence-electron chi connectivity index (χ4n) is 5.01. The molecule has 1 aromatic carbocycles. The van der Waals surface area contributed by atoms with Crippen molar-refractivity contribution >= 4 is 23.9 Å². The summed E-state index contributed by atoms with van der Waals surface area (Å²) in [6, 6.07) is 8.54. The minimum Gasteiger partial charge on any atom is -0.467 e. The molecule has 3 rings (SSSR count). The smallest absolute Gasteiger partial charge is 0.339 e. The summed E-state index contributed by atoms with van der Waals surface area (Å²) < 4.78 is 32.4. The van der Waals surface area contributed by atoms with Gasteiger partial charge in [-0.3, -0.25) is 14.4 Å². The fraction of sp³-hybridized carbons (Fsp3) is 0.593. The standard InChI is InChI=1S/C27H33NO11/c1-15(29)35-21-22(36-16(2)30)24(37-17(3)31)26(39-23(21)25(32)34-4)38-19-10-8-18(9-11-19)20(14-28)27(33)12-6-5-7-13-27/h8-11,20-24,26,33H,5-7,12-13H2,1-4H3. The lowest BCUT2D eigenvalue weighted by Crippen LogP contribution is -2.64. The van der Waals surface area contributed by atoms with Crippen LogP contribution in [0.5, 0.6) is 5.75 Å². The van der Waals surface area contributed by atoms with Crippen LogP contribution >= 0.6 is 0 Å². The first-order chi connectivity index (χ1) is 18.5. The topological polar surface area (TPSA) is 168 Å². The van der Waals surface area contributed by atoms with Gasteiger partial charge < -0.3 is 33.5 Å². The molecule has 1 aliphatic carbocycles. The van der Waals surface area contributed by atoms with Crippen molar-refractivity contribution in [3.63, 3.8) is 0 Å². The van der Waals surface area contributed by atoms with Gasteiger partial charge in [0, 0.05) is 20.8 Å². The number of benzene rings is 1. The van der Waals surface area contributed by atoms with E-state index in [1.54, 1.807) is 12.1 Å². The molecule has 12 heteroatoms. The summed E-state index contributed by atoms with van der Waals surface area (Å²) in [6.45, 7) is 3.29. The maximum Gasteiger partial charge on any atom is 0.339 e. The Morgan fingerprint density at radius 3 is 1.97 bits per heavy atom. The average Bonchev–Trinajstić information content (AvgIpc) is 2.87. The van der Waals surface area contributed by atoms with E-state index in [0.29, 0.717) is 18.4 Å². The number of ether oxygens (including phenoxy) is 6. The molecule has 39 heavy (non-hydrogen) atoms. The van der Waals surface area contributed by atoms with Crippen LogP contribution in [0.25, 0.3) is 0 Å². The molecule has 1 saturated heterocycles. The molecule has 1 N–H and O–H groups in total. The normalized spacial score (nSPS) is 26.7. The van der Waals surface area contributed by atoms with Crippen LogP contribution in [0.15, 0.2) is 24.3 Å². The first-order valence-corrected chi connectivity index (χ1v) is 12.6. The van der Waals surface area contributed by atoms with Gasteiger partial charge in [0.1, 0.15) is 5.75 Å². The van der Waals surface area contributed by atoms with Gasteiger partial charge in [-0.15, -0.1) is 0 Å². The first kappa shape index (κ1) is 29.9. The highest BCUT2D eigenvalue weighted by molar-refractivity contribution is 5.77. The number of carbonyl (C=O) groups excluding carboxylic acids is 4. The minimum atomic E-state index is -1.58. The van der Waals surface area contributed by atoms with Gasteiger partial charge in [0.05, 0.1) is 24.7 Å². The SMILES string of the molecule is COC(=O)C1OC(Oc2ccc(C(C#N)C3(O)CCCCC3)cc2)C(OC(C)=O)C(OC(C)=O)C1OC(C)=O. The zero-order valence-electron chi connectivity index (χ0n) is 22.3. The second-order valence-electron chi connectivity index (χ2n) is 9.58.